The van der Waals surface area contributed by atoms with Crippen LogP contribution in [0, 0.1) is 19.7 Å². The van der Waals surface area contributed by atoms with Crippen molar-refractivity contribution >= 4 is 21.9 Å². The van der Waals surface area contributed by atoms with Crippen LogP contribution in [0.1, 0.15) is 21.5 Å². The summed E-state index contributed by atoms with van der Waals surface area (Å²) in [7, 11) is 0. The van der Waals surface area contributed by atoms with E-state index in [1.807, 2.05) is 0 Å². The van der Waals surface area contributed by atoms with E-state index < -0.39 is 11.8 Å². The summed E-state index contributed by atoms with van der Waals surface area (Å²) in [5, 5.41) is 8.72. The summed E-state index contributed by atoms with van der Waals surface area (Å²) in [6, 6.07) is 1.04. The van der Waals surface area contributed by atoms with Crippen LogP contribution in [0.4, 0.5) is 4.39 Å². The summed E-state index contributed by atoms with van der Waals surface area (Å²) >= 11 is 3.15. The highest BCUT2D eigenvalue weighted by molar-refractivity contribution is 9.10. The summed E-state index contributed by atoms with van der Waals surface area (Å²) in [5.41, 5.74) is 0.976. The molecule has 2 nitrogen and oxygen atoms in total. The van der Waals surface area contributed by atoms with E-state index in [0.29, 0.717) is 15.6 Å². The Morgan fingerprint density at radius 3 is 2.46 bits per heavy atom. The predicted octanol–water partition coefficient (Wildman–Crippen LogP) is 2.90. The molecule has 0 fully saturated rings. The van der Waals surface area contributed by atoms with Gasteiger partial charge in [0.1, 0.15) is 5.82 Å². The van der Waals surface area contributed by atoms with E-state index in [4.69, 9.17) is 5.11 Å². The molecule has 0 aromatic heterocycles. The first-order valence-electron chi connectivity index (χ1n) is 3.63. The molecule has 0 saturated heterocycles. The maximum Gasteiger partial charge on any atom is 0.336 e. The van der Waals surface area contributed by atoms with Gasteiger partial charge in [-0.15, -0.1) is 0 Å². The minimum absolute atomic E-state index is 0.00465. The smallest absolute Gasteiger partial charge is 0.336 e. The zero-order valence-corrected chi connectivity index (χ0v) is 8.77. The fourth-order valence-electron chi connectivity index (χ4n) is 1.07. The highest BCUT2D eigenvalue weighted by atomic mass is 79.9. The first-order chi connectivity index (χ1) is 5.95. The van der Waals surface area contributed by atoms with Crippen molar-refractivity contribution in [2.45, 2.75) is 13.8 Å². The number of halogens is 2. The highest BCUT2D eigenvalue weighted by Gasteiger charge is 2.14. The fraction of sp³-hybridized carbons (Fsp3) is 0.222. The maximum absolute atomic E-state index is 13.1. The average Bonchev–Trinajstić information content (AvgIpc) is 2.07. The zero-order chi connectivity index (χ0) is 10.2. The van der Waals surface area contributed by atoms with Crippen molar-refractivity contribution in [2.75, 3.05) is 0 Å². The topological polar surface area (TPSA) is 37.3 Å². The van der Waals surface area contributed by atoms with Gasteiger partial charge in [0.15, 0.2) is 0 Å². The molecule has 0 bridgehead atoms. The number of carboxylic acid groups (broad SMARTS) is 1. The van der Waals surface area contributed by atoms with Gasteiger partial charge in [0.2, 0.25) is 0 Å². The number of carbonyl (C=O) groups is 1. The lowest BCUT2D eigenvalue weighted by atomic mass is 10.1. The van der Waals surface area contributed by atoms with Gasteiger partial charge in [-0.1, -0.05) is 15.9 Å². The predicted molar refractivity (Wildman–Crippen MR) is 50.5 cm³/mol. The van der Waals surface area contributed by atoms with E-state index >= 15 is 0 Å². The molecule has 0 aliphatic rings. The van der Waals surface area contributed by atoms with E-state index in [2.05, 4.69) is 15.9 Å². The van der Waals surface area contributed by atoms with E-state index in [9.17, 15) is 9.18 Å². The van der Waals surface area contributed by atoms with Crippen molar-refractivity contribution in [1.29, 1.82) is 0 Å². The second kappa shape index (κ2) is 3.46. The fourth-order valence-corrected chi connectivity index (χ4v) is 1.47. The van der Waals surface area contributed by atoms with Crippen LogP contribution < -0.4 is 0 Å². The second-order valence-corrected chi connectivity index (χ2v) is 3.57. The number of benzene rings is 1. The SMILES string of the molecule is Cc1c(F)cc(C(=O)O)c(C)c1Br. The second-order valence-electron chi connectivity index (χ2n) is 2.78. The van der Waals surface area contributed by atoms with Crippen molar-refractivity contribution in [3.63, 3.8) is 0 Å². The Kier molecular flexibility index (Phi) is 2.71. The molecule has 1 N–H and O–H groups in total. The number of aromatic carboxylic acids is 1. The minimum Gasteiger partial charge on any atom is -0.478 e. The van der Waals surface area contributed by atoms with E-state index in [-0.39, 0.29) is 5.56 Å². The van der Waals surface area contributed by atoms with E-state index in [0.717, 1.165) is 6.07 Å². The molecule has 0 aliphatic carbocycles. The average molecular weight is 247 g/mol. The number of hydrogen-bond donors (Lipinski definition) is 1. The Morgan fingerprint density at radius 1 is 1.46 bits per heavy atom. The third-order valence-corrected chi connectivity index (χ3v) is 3.11. The van der Waals surface area contributed by atoms with Crippen molar-refractivity contribution in [1.82, 2.24) is 0 Å². The van der Waals surface area contributed by atoms with Crippen LogP contribution in [-0.2, 0) is 0 Å². The minimum atomic E-state index is -1.11. The van der Waals surface area contributed by atoms with Crippen molar-refractivity contribution in [2.24, 2.45) is 0 Å². The monoisotopic (exact) mass is 246 g/mol. The van der Waals surface area contributed by atoms with E-state index in [1.54, 1.807) is 13.8 Å². The molecular formula is C9H8BrFO2. The molecule has 0 atom stereocenters. The van der Waals surface area contributed by atoms with Crippen LogP contribution >= 0.6 is 15.9 Å². The van der Waals surface area contributed by atoms with Crippen LogP contribution in [0.2, 0.25) is 0 Å². The van der Waals surface area contributed by atoms with Crippen LogP contribution in [0.25, 0.3) is 0 Å². The van der Waals surface area contributed by atoms with Crippen molar-refractivity contribution < 1.29 is 14.3 Å². The summed E-state index contributed by atoms with van der Waals surface area (Å²) in [6.07, 6.45) is 0. The van der Waals surface area contributed by atoms with Crippen LogP contribution in [0.5, 0.6) is 0 Å². The zero-order valence-electron chi connectivity index (χ0n) is 7.19. The molecule has 70 valence electrons. The Balaban J connectivity index is 3.50. The van der Waals surface area contributed by atoms with Crippen LogP contribution in [0.15, 0.2) is 10.5 Å². The summed E-state index contributed by atoms with van der Waals surface area (Å²) < 4.78 is 13.6. The first kappa shape index (κ1) is 10.2. The molecule has 13 heavy (non-hydrogen) atoms. The standard InChI is InChI=1S/C9H8BrFO2/c1-4-6(9(12)13)3-7(11)5(2)8(4)10/h3H,1-2H3,(H,12,13). The molecule has 1 aromatic rings. The largest absolute Gasteiger partial charge is 0.478 e. The molecular weight excluding hydrogens is 239 g/mol. The van der Waals surface area contributed by atoms with Gasteiger partial charge in [0.25, 0.3) is 0 Å². The Labute approximate surface area is 83.5 Å². The van der Waals surface area contributed by atoms with E-state index in [1.165, 1.54) is 0 Å². The molecule has 0 heterocycles. The van der Waals surface area contributed by atoms with Crippen molar-refractivity contribution in [3.8, 4) is 0 Å². The molecule has 0 unspecified atom stereocenters. The van der Waals surface area contributed by atoms with Gasteiger partial charge in [0, 0.05) is 4.47 Å². The molecule has 4 heteroatoms. The van der Waals surface area contributed by atoms with Gasteiger partial charge < -0.3 is 5.11 Å². The normalized spacial score (nSPS) is 10.2. The van der Waals surface area contributed by atoms with Crippen LogP contribution in [0.3, 0.4) is 0 Å². The number of hydrogen-bond acceptors (Lipinski definition) is 1. The van der Waals surface area contributed by atoms with Gasteiger partial charge in [-0.25, -0.2) is 9.18 Å². The Morgan fingerprint density at radius 2 is 2.00 bits per heavy atom. The Bertz CT molecular complexity index is 374. The molecule has 0 saturated carbocycles. The molecule has 0 radical (unpaired) electrons. The Hall–Kier alpha value is -0.900. The molecule has 1 rings (SSSR count). The van der Waals surface area contributed by atoms with Gasteiger partial charge in [-0.05, 0) is 31.0 Å². The maximum atomic E-state index is 13.1. The lowest BCUT2D eigenvalue weighted by Crippen LogP contribution is -2.03. The molecule has 0 aliphatic heterocycles. The van der Waals surface area contributed by atoms with Gasteiger partial charge >= 0.3 is 5.97 Å². The third kappa shape index (κ3) is 1.72. The lowest BCUT2D eigenvalue weighted by molar-refractivity contribution is 0.0695. The summed E-state index contributed by atoms with van der Waals surface area (Å²) in [5.74, 6) is -1.62. The molecule has 0 amide bonds. The summed E-state index contributed by atoms with van der Waals surface area (Å²) in [6.45, 7) is 3.23. The molecule has 1 aromatic carbocycles. The van der Waals surface area contributed by atoms with Crippen LogP contribution in [-0.4, -0.2) is 11.1 Å². The van der Waals surface area contributed by atoms with Crippen molar-refractivity contribution in [3.05, 3.63) is 33.0 Å². The third-order valence-electron chi connectivity index (χ3n) is 1.92. The lowest BCUT2D eigenvalue weighted by Gasteiger charge is -2.07. The number of rotatable bonds is 1. The first-order valence-corrected chi connectivity index (χ1v) is 4.43. The van der Waals surface area contributed by atoms with Gasteiger partial charge in [-0.3, -0.25) is 0 Å². The number of carboxylic acids is 1. The van der Waals surface area contributed by atoms with Gasteiger partial charge in [-0.2, -0.15) is 0 Å². The quantitative estimate of drug-likeness (QED) is 0.828. The highest BCUT2D eigenvalue weighted by Crippen LogP contribution is 2.26. The van der Waals surface area contributed by atoms with Gasteiger partial charge in [0.05, 0.1) is 5.56 Å². The summed E-state index contributed by atoms with van der Waals surface area (Å²) in [4.78, 5) is 10.7. The molecule has 0 spiro atoms.